The zero-order valence-corrected chi connectivity index (χ0v) is 11.6. The van der Waals surface area contributed by atoms with Crippen molar-refractivity contribution in [3.05, 3.63) is 18.0 Å². The quantitative estimate of drug-likeness (QED) is 0.873. The topological polar surface area (TPSA) is 53.1 Å². The van der Waals surface area contributed by atoms with Crippen molar-refractivity contribution in [2.75, 3.05) is 6.54 Å². The van der Waals surface area contributed by atoms with Gasteiger partial charge in [-0.15, -0.1) is 0 Å². The minimum absolute atomic E-state index is 0.0957. The maximum absolute atomic E-state index is 6.13. The molecule has 4 heteroatoms. The average Bonchev–Trinajstić information content (AvgIpc) is 2.83. The van der Waals surface area contributed by atoms with Crippen LogP contribution in [-0.2, 0) is 18.4 Å². The van der Waals surface area contributed by atoms with Crippen molar-refractivity contribution in [3.8, 4) is 0 Å². The van der Waals surface area contributed by atoms with Crippen molar-refractivity contribution in [1.29, 1.82) is 0 Å². The predicted octanol–water partition coefficient (Wildman–Crippen LogP) is 2.23. The maximum atomic E-state index is 6.13. The summed E-state index contributed by atoms with van der Waals surface area (Å²) in [6.07, 6.45) is 9.85. The maximum Gasteiger partial charge on any atom is 0.0808 e. The molecule has 1 heterocycles. The molecule has 0 saturated heterocycles. The first-order chi connectivity index (χ1) is 8.67. The Balaban J connectivity index is 1.89. The number of nitrogens with zero attached hydrogens (tertiary/aromatic N) is 2. The summed E-state index contributed by atoms with van der Waals surface area (Å²) >= 11 is 0. The summed E-state index contributed by atoms with van der Waals surface area (Å²) in [4.78, 5) is 0. The van der Waals surface area contributed by atoms with Crippen LogP contribution in [0.3, 0.4) is 0 Å². The molecule has 1 aromatic rings. The van der Waals surface area contributed by atoms with Gasteiger partial charge in [0.15, 0.2) is 0 Å². The molecule has 0 radical (unpaired) electrons. The molecule has 2 N–H and O–H groups in total. The second-order valence-electron chi connectivity index (χ2n) is 5.55. The standard InChI is InChI=1S/C14H25N3O/c1-3-12-4-6-14(11-15,7-5-12)18-10-13-8-16-17(2)9-13/h8-9,12H,3-7,10-11,15H2,1-2H3. The number of aryl methyl sites for hydroxylation is 1. The van der Waals surface area contributed by atoms with Crippen molar-refractivity contribution in [2.45, 2.75) is 51.2 Å². The van der Waals surface area contributed by atoms with Crippen LogP contribution in [0.2, 0.25) is 0 Å². The lowest BCUT2D eigenvalue weighted by Gasteiger charge is -2.39. The summed E-state index contributed by atoms with van der Waals surface area (Å²) in [5.41, 5.74) is 6.98. The van der Waals surface area contributed by atoms with Gasteiger partial charge >= 0.3 is 0 Å². The van der Waals surface area contributed by atoms with Crippen LogP contribution >= 0.6 is 0 Å². The Hall–Kier alpha value is -0.870. The highest BCUT2D eigenvalue weighted by Gasteiger charge is 2.34. The van der Waals surface area contributed by atoms with Gasteiger partial charge in [-0.3, -0.25) is 4.68 Å². The molecule has 1 saturated carbocycles. The first kappa shape index (κ1) is 13.6. The van der Waals surface area contributed by atoms with Gasteiger partial charge in [0.2, 0.25) is 0 Å². The van der Waals surface area contributed by atoms with Crippen LogP contribution in [0, 0.1) is 5.92 Å². The summed E-state index contributed by atoms with van der Waals surface area (Å²) < 4.78 is 7.94. The fourth-order valence-corrected chi connectivity index (χ4v) is 2.80. The molecule has 1 fully saturated rings. The number of rotatable bonds is 5. The molecular weight excluding hydrogens is 226 g/mol. The van der Waals surface area contributed by atoms with Crippen molar-refractivity contribution >= 4 is 0 Å². The largest absolute Gasteiger partial charge is 0.369 e. The van der Waals surface area contributed by atoms with Crippen molar-refractivity contribution in [3.63, 3.8) is 0 Å². The fourth-order valence-electron chi connectivity index (χ4n) is 2.80. The minimum Gasteiger partial charge on any atom is -0.369 e. The van der Waals surface area contributed by atoms with E-state index in [0.29, 0.717) is 13.2 Å². The average molecular weight is 251 g/mol. The lowest BCUT2D eigenvalue weighted by molar-refractivity contribution is -0.0813. The second kappa shape index (κ2) is 5.85. The summed E-state index contributed by atoms with van der Waals surface area (Å²) in [5, 5.41) is 4.16. The van der Waals surface area contributed by atoms with E-state index >= 15 is 0 Å². The number of ether oxygens (including phenoxy) is 1. The van der Waals surface area contributed by atoms with Crippen molar-refractivity contribution in [1.82, 2.24) is 9.78 Å². The van der Waals surface area contributed by atoms with E-state index in [1.165, 1.54) is 19.3 Å². The molecule has 0 aliphatic heterocycles. The van der Waals surface area contributed by atoms with E-state index in [1.54, 1.807) is 0 Å². The summed E-state index contributed by atoms with van der Waals surface area (Å²) in [5.74, 6) is 0.867. The van der Waals surface area contributed by atoms with Gasteiger partial charge in [-0.2, -0.15) is 5.10 Å². The lowest BCUT2D eigenvalue weighted by Crippen LogP contribution is -2.43. The molecule has 0 bridgehead atoms. The Morgan fingerprint density at radius 1 is 1.50 bits per heavy atom. The molecule has 102 valence electrons. The summed E-state index contributed by atoms with van der Waals surface area (Å²) in [6.45, 7) is 3.53. The number of nitrogens with two attached hydrogens (primary N) is 1. The van der Waals surface area contributed by atoms with E-state index in [4.69, 9.17) is 10.5 Å². The van der Waals surface area contributed by atoms with Crippen LogP contribution < -0.4 is 5.73 Å². The van der Waals surface area contributed by atoms with Crippen LogP contribution in [-0.4, -0.2) is 21.9 Å². The molecular formula is C14H25N3O. The fraction of sp³-hybridized carbons (Fsp3) is 0.786. The van der Waals surface area contributed by atoms with Gasteiger partial charge in [0.25, 0.3) is 0 Å². The van der Waals surface area contributed by atoms with Gasteiger partial charge in [0.05, 0.1) is 18.4 Å². The van der Waals surface area contributed by atoms with Crippen LogP contribution in [0.4, 0.5) is 0 Å². The van der Waals surface area contributed by atoms with Gasteiger partial charge < -0.3 is 10.5 Å². The van der Waals surface area contributed by atoms with E-state index in [9.17, 15) is 0 Å². The highest BCUT2D eigenvalue weighted by Crippen LogP contribution is 2.36. The SMILES string of the molecule is CCC1CCC(CN)(OCc2cnn(C)c2)CC1. The molecule has 0 unspecified atom stereocenters. The normalized spacial score (nSPS) is 28.5. The van der Waals surface area contributed by atoms with Crippen LogP contribution in [0.1, 0.15) is 44.6 Å². The molecule has 1 aromatic heterocycles. The molecule has 1 aliphatic carbocycles. The first-order valence-electron chi connectivity index (χ1n) is 6.99. The smallest absolute Gasteiger partial charge is 0.0808 e. The molecule has 1 aliphatic rings. The Labute approximate surface area is 110 Å². The Kier molecular flexibility index (Phi) is 4.40. The van der Waals surface area contributed by atoms with Gasteiger partial charge in [-0.1, -0.05) is 13.3 Å². The predicted molar refractivity (Wildman–Crippen MR) is 72.0 cm³/mol. The zero-order valence-electron chi connectivity index (χ0n) is 11.6. The third-order valence-electron chi connectivity index (χ3n) is 4.27. The van der Waals surface area contributed by atoms with Crippen LogP contribution in [0.25, 0.3) is 0 Å². The highest BCUT2D eigenvalue weighted by molar-refractivity contribution is 5.02. The lowest BCUT2D eigenvalue weighted by atomic mass is 9.77. The van der Waals surface area contributed by atoms with E-state index < -0.39 is 0 Å². The molecule has 4 nitrogen and oxygen atoms in total. The minimum atomic E-state index is -0.0957. The second-order valence-corrected chi connectivity index (χ2v) is 5.55. The Morgan fingerprint density at radius 2 is 2.22 bits per heavy atom. The number of aromatic nitrogens is 2. The molecule has 0 amide bonds. The van der Waals surface area contributed by atoms with Crippen LogP contribution in [0.15, 0.2) is 12.4 Å². The monoisotopic (exact) mass is 251 g/mol. The molecule has 0 atom stereocenters. The van der Waals surface area contributed by atoms with Crippen molar-refractivity contribution < 1.29 is 4.74 Å². The van der Waals surface area contributed by atoms with E-state index in [2.05, 4.69) is 12.0 Å². The summed E-state index contributed by atoms with van der Waals surface area (Å²) in [6, 6.07) is 0. The molecule has 0 spiro atoms. The van der Waals surface area contributed by atoms with E-state index in [0.717, 1.165) is 24.3 Å². The first-order valence-corrected chi connectivity index (χ1v) is 6.99. The van der Waals surface area contributed by atoms with E-state index in [1.807, 2.05) is 24.1 Å². The Bertz CT molecular complexity index is 367. The third-order valence-corrected chi connectivity index (χ3v) is 4.27. The van der Waals surface area contributed by atoms with Crippen molar-refractivity contribution in [2.24, 2.45) is 18.7 Å². The van der Waals surface area contributed by atoms with Gasteiger partial charge in [-0.25, -0.2) is 0 Å². The highest BCUT2D eigenvalue weighted by atomic mass is 16.5. The Morgan fingerprint density at radius 3 is 2.72 bits per heavy atom. The third kappa shape index (κ3) is 3.12. The molecule has 2 rings (SSSR count). The van der Waals surface area contributed by atoms with Gasteiger partial charge in [0, 0.05) is 25.4 Å². The van der Waals surface area contributed by atoms with Crippen LogP contribution in [0.5, 0.6) is 0 Å². The number of hydrogen-bond acceptors (Lipinski definition) is 3. The molecule has 0 aromatic carbocycles. The zero-order chi connectivity index (χ0) is 13.0. The number of hydrogen-bond donors (Lipinski definition) is 1. The summed E-state index contributed by atoms with van der Waals surface area (Å²) in [7, 11) is 1.93. The van der Waals surface area contributed by atoms with Gasteiger partial charge in [0.1, 0.15) is 0 Å². The van der Waals surface area contributed by atoms with Gasteiger partial charge in [-0.05, 0) is 31.6 Å². The molecule has 18 heavy (non-hydrogen) atoms. The van der Waals surface area contributed by atoms with E-state index in [-0.39, 0.29) is 5.60 Å².